The Morgan fingerprint density at radius 2 is 1.39 bits per heavy atom. The van der Waals surface area contributed by atoms with Crippen LogP contribution in [0.1, 0.15) is 29.2 Å². The zero-order valence-electron chi connectivity index (χ0n) is 17.3. The van der Waals surface area contributed by atoms with Gasteiger partial charge in [-0.2, -0.15) is 0 Å². The first-order valence-electron chi connectivity index (χ1n) is 10.3. The highest BCUT2D eigenvalue weighted by Gasteiger charge is 2.18. The summed E-state index contributed by atoms with van der Waals surface area (Å²) in [5, 5.41) is 3.02. The number of anilines is 1. The maximum absolute atomic E-state index is 12.9. The third-order valence-corrected chi connectivity index (χ3v) is 5.39. The average Bonchev–Trinajstić information content (AvgIpc) is 2.79. The number of benzene rings is 3. The van der Waals surface area contributed by atoms with Crippen LogP contribution >= 0.6 is 0 Å². The minimum Gasteiger partial charge on any atom is -0.326 e. The minimum absolute atomic E-state index is 0.00883. The number of pyridine rings is 1. The Labute approximate surface area is 181 Å². The normalized spacial score (nSPS) is 10.8. The number of aryl methyl sites for hydroxylation is 1. The molecule has 31 heavy (non-hydrogen) atoms. The van der Waals surface area contributed by atoms with E-state index in [1.807, 2.05) is 73.7 Å². The predicted octanol–water partition coefficient (Wildman–Crippen LogP) is 5.51. The molecule has 4 aromatic rings. The smallest absolute Gasteiger partial charge is 0.248 e. The van der Waals surface area contributed by atoms with Crippen LogP contribution in [-0.4, -0.2) is 10.9 Å². The summed E-state index contributed by atoms with van der Waals surface area (Å²) in [6, 6.07) is 31.2. The number of hydrogen-bond acceptors (Lipinski definition) is 2. The highest BCUT2D eigenvalue weighted by molar-refractivity contribution is 5.92. The minimum atomic E-state index is -0.114. The van der Waals surface area contributed by atoms with Gasteiger partial charge in [-0.25, -0.2) is 0 Å². The molecule has 4 rings (SSSR count). The van der Waals surface area contributed by atoms with E-state index in [9.17, 15) is 9.59 Å². The second kappa shape index (κ2) is 9.26. The quantitative estimate of drug-likeness (QED) is 0.442. The van der Waals surface area contributed by atoms with E-state index in [2.05, 4.69) is 34.6 Å². The van der Waals surface area contributed by atoms with Gasteiger partial charge in [0.25, 0.3) is 0 Å². The van der Waals surface area contributed by atoms with Crippen LogP contribution in [0, 0.1) is 6.92 Å². The standard InChI is InChI=1S/C27H24N2O2/c1-19-24(16-17-26(30)28-19)22-12-14-23(15-13-22)29-27(31)18-25(20-8-4-2-5-9-20)21-10-6-3-7-11-21/h2-17,25H,18H2,1H3,(H,28,30)(H,29,31). The van der Waals surface area contributed by atoms with Gasteiger partial charge in [0.05, 0.1) is 0 Å². The predicted molar refractivity (Wildman–Crippen MR) is 125 cm³/mol. The van der Waals surface area contributed by atoms with Crippen LogP contribution in [0.2, 0.25) is 0 Å². The Morgan fingerprint density at radius 1 is 0.806 bits per heavy atom. The van der Waals surface area contributed by atoms with Crippen molar-refractivity contribution in [3.63, 3.8) is 0 Å². The summed E-state index contributed by atoms with van der Waals surface area (Å²) in [4.78, 5) is 27.1. The molecule has 0 spiro atoms. The Kier molecular flexibility index (Phi) is 6.08. The number of nitrogens with one attached hydrogen (secondary N) is 2. The molecule has 0 bridgehead atoms. The summed E-state index contributed by atoms with van der Waals surface area (Å²) in [5.74, 6) is -0.0452. The molecule has 2 N–H and O–H groups in total. The summed E-state index contributed by atoms with van der Waals surface area (Å²) in [7, 11) is 0. The Bertz CT molecular complexity index is 1170. The molecular weight excluding hydrogens is 384 g/mol. The summed E-state index contributed by atoms with van der Waals surface area (Å²) < 4.78 is 0. The van der Waals surface area contributed by atoms with E-state index in [4.69, 9.17) is 0 Å². The largest absolute Gasteiger partial charge is 0.326 e. The highest BCUT2D eigenvalue weighted by Crippen LogP contribution is 2.29. The van der Waals surface area contributed by atoms with Crippen LogP contribution in [0.25, 0.3) is 11.1 Å². The second-order valence-corrected chi connectivity index (χ2v) is 7.56. The van der Waals surface area contributed by atoms with Crippen molar-refractivity contribution in [3.05, 3.63) is 124 Å². The van der Waals surface area contributed by atoms with Crippen LogP contribution in [0.5, 0.6) is 0 Å². The topological polar surface area (TPSA) is 62.0 Å². The fourth-order valence-electron chi connectivity index (χ4n) is 3.82. The highest BCUT2D eigenvalue weighted by atomic mass is 16.1. The van der Waals surface area contributed by atoms with E-state index in [1.54, 1.807) is 0 Å². The van der Waals surface area contributed by atoms with Gasteiger partial charge in [-0.15, -0.1) is 0 Å². The van der Waals surface area contributed by atoms with E-state index >= 15 is 0 Å². The first kappa shape index (κ1) is 20.4. The van der Waals surface area contributed by atoms with Gasteiger partial charge in [-0.05, 0) is 41.8 Å². The third-order valence-electron chi connectivity index (χ3n) is 5.39. The van der Waals surface area contributed by atoms with Gasteiger partial charge in [0.1, 0.15) is 0 Å². The molecule has 0 radical (unpaired) electrons. The van der Waals surface area contributed by atoms with Crippen LogP contribution in [0.15, 0.2) is 102 Å². The van der Waals surface area contributed by atoms with Gasteiger partial charge in [-0.3, -0.25) is 9.59 Å². The maximum Gasteiger partial charge on any atom is 0.248 e. The lowest BCUT2D eigenvalue weighted by Crippen LogP contribution is -2.16. The first-order chi connectivity index (χ1) is 15.1. The number of hydrogen-bond donors (Lipinski definition) is 2. The summed E-state index contributed by atoms with van der Waals surface area (Å²) in [5.41, 5.74) is 5.63. The number of amides is 1. The Balaban J connectivity index is 1.50. The van der Waals surface area contributed by atoms with Crippen LogP contribution < -0.4 is 10.9 Å². The van der Waals surface area contributed by atoms with Gasteiger partial charge in [0.15, 0.2) is 0 Å². The van der Waals surface area contributed by atoms with Gasteiger partial charge in [-0.1, -0.05) is 72.8 Å². The van der Waals surface area contributed by atoms with Crippen molar-refractivity contribution in [3.8, 4) is 11.1 Å². The van der Waals surface area contributed by atoms with E-state index in [1.165, 1.54) is 6.07 Å². The van der Waals surface area contributed by atoms with E-state index in [0.29, 0.717) is 6.42 Å². The molecule has 3 aromatic carbocycles. The number of carbonyl (C=O) groups excluding carboxylic acids is 1. The Hall–Kier alpha value is -3.92. The van der Waals surface area contributed by atoms with Crippen molar-refractivity contribution in [1.29, 1.82) is 0 Å². The molecule has 4 heteroatoms. The molecule has 154 valence electrons. The van der Waals surface area contributed by atoms with Crippen LogP contribution in [-0.2, 0) is 4.79 Å². The van der Waals surface area contributed by atoms with E-state index < -0.39 is 0 Å². The van der Waals surface area contributed by atoms with Crippen molar-refractivity contribution in [2.75, 3.05) is 5.32 Å². The van der Waals surface area contributed by atoms with Gasteiger partial charge >= 0.3 is 0 Å². The van der Waals surface area contributed by atoms with Gasteiger partial charge < -0.3 is 10.3 Å². The van der Waals surface area contributed by atoms with Crippen LogP contribution in [0.3, 0.4) is 0 Å². The SMILES string of the molecule is Cc1[nH]c(=O)ccc1-c1ccc(NC(=O)CC(c2ccccc2)c2ccccc2)cc1. The van der Waals surface area contributed by atoms with Crippen molar-refractivity contribution < 1.29 is 4.79 Å². The van der Waals surface area contributed by atoms with Crippen molar-refractivity contribution in [1.82, 2.24) is 4.98 Å². The van der Waals surface area contributed by atoms with Crippen molar-refractivity contribution in [2.24, 2.45) is 0 Å². The summed E-state index contributed by atoms with van der Waals surface area (Å²) in [6.45, 7) is 1.87. The number of aromatic amines is 1. The monoisotopic (exact) mass is 408 g/mol. The van der Waals surface area contributed by atoms with Gasteiger partial charge in [0.2, 0.25) is 11.5 Å². The molecule has 0 saturated heterocycles. The maximum atomic E-state index is 12.9. The molecular formula is C27H24N2O2. The lowest BCUT2D eigenvalue weighted by Gasteiger charge is -2.18. The zero-order valence-corrected chi connectivity index (χ0v) is 17.3. The molecule has 0 fully saturated rings. The molecule has 1 amide bonds. The first-order valence-corrected chi connectivity index (χ1v) is 10.3. The van der Waals surface area contributed by atoms with Crippen molar-refractivity contribution in [2.45, 2.75) is 19.3 Å². The molecule has 0 saturated carbocycles. The fourth-order valence-corrected chi connectivity index (χ4v) is 3.82. The fraction of sp³-hybridized carbons (Fsp3) is 0.111. The molecule has 1 heterocycles. The number of rotatable bonds is 6. The lowest BCUT2D eigenvalue weighted by molar-refractivity contribution is -0.116. The average molecular weight is 409 g/mol. The summed E-state index contributed by atoms with van der Waals surface area (Å²) >= 11 is 0. The molecule has 1 aromatic heterocycles. The number of H-pyrrole nitrogens is 1. The zero-order chi connectivity index (χ0) is 21.6. The van der Waals surface area contributed by atoms with Crippen molar-refractivity contribution >= 4 is 11.6 Å². The molecule has 0 aliphatic rings. The molecule has 0 unspecified atom stereocenters. The Morgan fingerprint density at radius 3 is 1.94 bits per heavy atom. The molecule has 4 nitrogen and oxygen atoms in total. The molecule has 0 aliphatic carbocycles. The molecule has 0 atom stereocenters. The lowest BCUT2D eigenvalue weighted by atomic mass is 9.88. The second-order valence-electron chi connectivity index (χ2n) is 7.56. The number of aromatic nitrogens is 1. The van der Waals surface area contributed by atoms with Gasteiger partial charge in [0, 0.05) is 35.3 Å². The third kappa shape index (κ3) is 4.98. The summed E-state index contributed by atoms with van der Waals surface area (Å²) in [6.07, 6.45) is 0.356. The van der Waals surface area contributed by atoms with E-state index in [-0.39, 0.29) is 17.4 Å². The molecule has 0 aliphatic heterocycles. The van der Waals surface area contributed by atoms with E-state index in [0.717, 1.165) is 33.6 Å². The number of carbonyl (C=O) groups is 1. The van der Waals surface area contributed by atoms with Crippen LogP contribution in [0.4, 0.5) is 5.69 Å².